The van der Waals surface area contributed by atoms with Gasteiger partial charge >= 0.3 is 5.97 Å². The molecular formula is C28H27N3O3S. The number of aromatic nitrogens is 1. The van der Waals surface area contributed by atoms with E-state index >= 15 is 0 Å². The van der Waals surface area contributed by atoms with Gasteiger partial charge in [0.1, 0.15) is 16.8 Å². The number of anilines is 1. The highest BCUT2D eigenvalue weighted by molar-refractivity contribution is 7.14. The zero-order chi connectivity index (χ0) is 24.9. The Labute approximate surface area is 208 Å². The van der Waals surface area contributed by atoms with Crippen LogP contribution in [0.5, 0.6) is 0 Å². The van der Waals surface area contributed by atoms with Crippen molar-refractivity contribution in [1.29, 1.82) is 0 Å². The van der Waals surface area contributed by atoms with Crippen molar-refractivity contribution in [3.8, 4) is 0 Å². The second-order valence-electron chi connectivity index (χ2n) is 8.96. The predicted molar refractivity (Wildman–Crippen MR) is 139 cm³/mol. The van der Waals surface area contributed by atoms with Gasteiger partial charge in [-0.3, -0.25) is 0 Å². The van der Waals surface area contributed by atoms with Crippen molar-refractivity contribution in [1.82, 2.24) is 4.98 Å². The first-order valence-corrected chi connectivity index (χ1v) is 12.1. The normalized spacial score (nSPS) is 12.3. The lowest BCUT2D eigenvalue weighted by Gasteiger charge is -2.36. The van der Waals surface area contributed by atoms with Gasteiger partial charge in [0.2, 0.25) is 5.71 Å². The average Bonchev–Trinajstić information content (AvgIpc) is 3.31. The van der Waals surface area contributed by atoms with Gasteiger partial charge in [0.05, 0.1) is 0 Å². The molecule has 7 heteroatoms. The van der Waals surface area contributed by atoms with E-state index in [1.165, 1.54) is 11.3 Å². The van der Waals surface area contributed by atoms with E-state index < -0.39 is 17.1 Å². The zero-order valence-corrected chi connectivity index (χ0v) is 20.6. The number of thiazole rings is 1. The van der Waals surface area contributed by atoms with Crippen LogP contribution in [0.1, 0.15) is 43.2 Å². The van der Waals surface area contributed by atoms with Crippen LogP contribution in [0, 0.1) is 0 Å². The number of hydrogen-bond donors (Lipinski definition) is 2. The number of benzene rings is 3. The van der Waals surface area contributed by atoms with Crippen LogP contribution in [0.25, 0.3) is 0 Å². The van der Waals surface area contributed by atoms with Gasteiger partial charge in [0.15, 0.2) is 5.13 Å². The van der Waals surface area contributed by atoms with Gasteiger partial charge in [0.25, 0.3) is 0 Å². The number of ether oxygens (including phenoxy) is 1. The molecule has 0 saturated carbocycles. The first-order chi connectivity index (χ1) is 16.8. The van der Waals surface area contributed by atoms with Gasteiger partial charge in [-0.25, -0.2) is 9.78 Å². The molecule has 1 heterocycles. The number of oxime groups is 1. The van der Waals surface area contributed by atoms with E-state index in [0.29, 0.717) is 5.13 Å². The molecule has 0 aliphatic carbocycles. The van der Waals surface area contributed by atoms with Crippen LogP contribution in [0.15, 0.2) is 102 Å². The summed E-state index contributed by atoms with van der Waals surface area (Å²) in [6, 6.07) is 30.4. The number of hydrogen-bond acceptors (Lipinski definition) is 7. The minimum atomic E-state index is -0.763. The molecule has 2 N–H and O–H groups in total. The number of esters is 1. The molecule has 0 saturated heterocycles. The van der Waals surface area contributed by atoms with Crippen LogP contribution in [0.3, 0.4) is 0 Å². The lowest BCUT2D eigenvalue weighted by Crippen LogP contribution is -2.38. The van der Waals surface area contributed by atoms with E-state index in [1.807, 2.05) is 54.6 Å². The molecule has 3 aromatic carbocycles. The fraction of sp³-hybridized carbons (Fsp3) is 0.179. The Kier molecular flexibility index (Phi) is 6.98. The van der Waals surface area contributed by atoms with Crippen molar-refractivity contribution in [2.45, 2.75) is 31.9 Å². The summed E-state index contributed by atoms with van der Waals surface area (Å²) in [5.41, 5.74) is 1.58. The summed E-state index contributed by atoms with van der Waals surface area (Å²) in [4.78, 5) is 17.2. The maximum absolute atomic E-state index is 12.6. The van der Waals surface area contributed by atoms with E-state index in [2.05, 4.69) is 51.9 Å². The van der Waals surface area contributed by atoms with Crippen molar-refractivity contribution in [3.05, 3.63) is 119 Å². The molecule has 0 atom stereocenters. The maximum atomic E-state index is 12.6. The standard InChI is InChI=1S/C28H27N3O3S/c1-27(2,3)34-25(32)24(31-33)23-19-35-26(29-23)30-28(20-13-7-4-8-14-20,21-15-9-5-10-16-21)22-17-11-6-12-18-22/h4-19,33H,1-3H3,(H,29,30)/b31-24-. The SMILES string of the molecule is CC(C)(C)OC(=O)/C(=N\O)c1csc(NC(c2ccccc2)(c2ccccc2)c2ccccc2)n1. The maximum Gasteiger partial charge on any atom is 0.363 e. The summed E-state index contributed by atoms with van der Waals surface area (Å²) in [5, 5.41) is 18.6. The molecule has 0 radical (unpaired) electrons. The van der Waals surface area contributed by atoms with Crippen LogP contribution in [0.4, 0.5) is 5.13 Å². The highest BCUT2D eigenvalue weighted by Gasteiger charge is 2.37. The molecule has 0 aliphatic rings. The van der Waals surface area contributed by atoms with Crippen LogP contribution in [0.2, 0.25) is 0 Å². The fourth-order valence-electron chi connectivity index (χ4n) is 3.90. The molecule has 0 amide bonds. The van der Waals surface area contributed by atoms with Gasteiger partial charge in [-0.15, -0.1) is 11.3 Å². The molecule has 35 heavy (non-hydrogen) atoms. The zero-order valence-electron chi connectivity index (χ0n) is 19.8. The van der Waals surface area contributed by atoms with Crippen LogP contribution in [-0.4, -0.2) is 27.5 Å². The van der Waals surface area contributed by atoms with Crippen molar-refractivity contribution >= 4 is 28.1 Å². The van der Waals surface area contributed by atoms with Crippen LogP contribution >= 0.6 is 11.3 Å². The lowest BCUT2D eigenvalue weighted by molar-refractivity contribution is -0.146. The van der Waals surface area contributed by atoms with Crippen LogP contribution < -0.4 is 5.32 Å². The van der Waals surface area contributed by atoms with Gasteiger partial charge in [0, 0.05) is 5.38 Å². The Hall–Kier alpha value is -3.97. The van der Waals surface area contributed by atoms with E-state index in [1.54, 1.807) is 26.2 Å². The third kappa shape index (κ3) is 5.25. The fourth-order valence-corrected chi connectivity index (χ4v) is 4.65. The Morgan fingerprint density at radius 2 is 1.31 bits per heavy atom. The van der Waals surface area contributed by atoms with Gasteiger partial charge in [-0.2, -0.15) is 0 Å². The Balaban J connectivity index is 1.82. The number of carbonyl (C=O) groups is 1. The van der Waals surface area contributed by atoms with Gasteiger partial charge < -0.3 is 15.3 Å². The summed E-state index contributed by atoms with van der Waals surface area (Å²) in [5.74, 6) is -0.739. The molecule has 0 fully saturated rings. The molecule has 178 valence electrons. The Morgan fingerprint density at radius 3 is 1.71 bits per heavy atom. The molecule has 0 bridgehead atoms. The molecule has 0 unspecified atom stereocenters. The van der Waals surface area contributed by atoms with E-state index in [9.17, 15) is 10.0 Å². The number of nitrogens with one attached hydrogen (secondary N) is 1. The van der Waals surface area contributed by atoms with Crippen molar-refractivity contribution < 1.29 is 14.7 Å². The molecule has 4 aromatic rings. The highest BCUT2D eigenvalue weighted by atomic mass is 32.1. The summed E-state index contributed by atoms with van der Waals surface area (Å²) in [6.45, 7) is 5.26. The minimum absolute atomic E-state index is 0.234. The van der Waals surface area contributed by atoms with Gasteiger partial charge in [-0.05, 0) is 37.5 Å². The largest absolute Gasteiger partial charge is 0.455 e. The lowest BCUT2D eigenvalue weighted by atomic mass is 9.77. The first-order valence-electron chi connectivity index (χ1n) is 11.2. The van der Waals surface area contributed by atoms with Crippen molar-refractivity contribution in [2.75, 3.05) is 5.32 Å². The summed E-state index contributed by atoms with van der Waals surface area (Å²) < 4.78 is 5.38. The topological polar surface area (TPSA) is 83.8 Å². The Morgan fingerprint density at radius 1 is 0.857 bits per heavy atom. The predicted octanol–water partition coefficient (Wildman–Crippen LogP) is 6.07. The van der Waals surface area contributed by atoms with E-state index in [-0.39, 0.29) is 11.4 Å². The molecule has 0 aliphatic heterocycles. The summed E-state index contributed by atoms with van der Waals surface area (Å²) in [7, 11) is 0. The Bertz CT molecular complexity index is 1200. The summed E-state index contributed by atoms with van der Waals surface area (Å²) >= 11 is 1.32. The molecule has 6 nitrogen and oxygen atoms in total. The van der Waals surface area contributed by atoms with Gasteiger partial charge in [-0.1, -0.05) is 96.2 Å². The van der Waals surface area contributed by atoms with E-state index in [4.69, 9.17) is 4.74 Å². The van der Waals surface area contributed by atoms with Crippen molar-refractivity contribution in [3.63, 3.8) is 0 Å². The number of nitrogens with zero attached hydrogens (tertiary/aromatic N) is 2. The smallest absolute Gasteiger partial charge is 0.363 e. The third-order valence-electron chi connectivity index (χ3n) is 5.35. The molecule has 0 spiro atoms. The minimum Gasteiger partial charge on any atom is -0.455 e. The van der Waals surface area contributed by atoms with Crippen molar-refractivity contribution in [2.24, 2.45) is 5.16 Å². The second kappa shape index (κ2) is 10.1. The quantitative estimate of drug-likeness (QED) is 0.109. The molecule has 4 rings (SSSR count). The van der Waals surface area contributed by atoms with Crippen LogP contribution in [-0.2, 0) is 15.1 Å². The number of carbonyl (C=O) groups excluding carboxylic acids is 1. The first kappa shape index (κ1) is 24.2. The summed E-state index contributed by atoms with van der Waals surface area (Å²) in [6.07, 6.45) is 0. The molecule has 1 aromatic heterocycles. The average molecular weight is 486 g/mol. The number of rotatable bonds is 7. The highest BCUT2D eigenvalue weighted by Crippen LogP contribution is 2.40. The third-order valence-corrected chi connectivity index (χ3v) is 6.11. The molecular weight excluding hydrogens is 458 g/mol. The van der Waals surface area contributed by atoms with E-state index in [0.717, 1.165) is 16.7 Å². The monoisotopic (exact) mass is 485 g/mol. The second-order valence-corrected chi connectivity index (χ2v) is 9.82.